The highest BCUT2D eigenvalue weighted by molar-refractivity contribution is 5.94. The van der Waals surface area contributed by atoms with E-state index in [1.165, 1.54) is 0 Å². The quantitative estimate of drug-likeness (QED) is 0.751. The van der Waals surface area contributed by atoms with Gasteiger partial charge in [-0.15, -0.1) is 0 Å². The lowest BCUT2D eigenvalue weighted by Crippen LogP contribution is -2.20. The van der Waals surface area contributed by atoms with Crippen LogP contribution in [0.5, 0.6) is 0 Å². The second kappa shape index (κ2) is 3.42. The van der Waals surface area contributed by atoms with Gasteiger partial charge in [0.25, 0.3) is 0 Å². The van der Waals surface area contributed by atoms with E-state index < -0.39 is 5.91 Å². The van der Waals surface area contributed by atoms with Crippen molar-refractivity contribution in [1.82, 2.24) is 0 Å². The minimum absolute atomic E-state index is 0.0290. The number of primary amides is 1. The zero-order chi connectivity index (χ0) is 10.1. The highest BCUT2D eigenvalue weighted by atomic mass is 16.1. The van der Waals surface area contributed by atoms with Gasteiger partial charge in [0.1, 0.15) is 0 Å². The molecule has 3 heteroatoms. The molecule has 0 radical (unpaired) electrons. The largest absolute Gasteiger partial charge is 0.366 e. The summed E-state index contributed by atoms with van der Waals surface area (Å²) in [6.45, 7) is 0. The Kier molecular flexibility index (Phi) is 2.25. The molecule has 0 spiro atoms. The summed E-state index contributed by atoms with van der Waals surface area (Å²) in [6, 6.07) is 7.30. The number of nitrogens with two attached hydrogens (primary N) is 2. The third kappa shape index (κ3) is 1.63. The molecule has 0 aliphatic heterocycles. The first kappa shape index (κ1) is 9.21. The molecule has 1 aromatic carbocycles. The Hall–Kier alpha value is -1.35. The molecule has 2 rings (SSSR count). The van der Waals surface area contributed by atoms with Crippen LogP contribution in [-0.2, 0) is 0 Å². The Morgan fingerprint density at radius 2 is 2.00 bits per heavy atom. The van der Waals surface area contributed by atoms with Crippen LogP contribution in [0.3, 0.4) is 0 Å². The molecule has 3 nitrogen and oxygen atoms in total. The van der Waals surface area contributed by atoms with Gasteiger partial charge >= 0.3 is 0 Å². The number of carbonyl (C=O) groups is 1. The summed E-state index contributed by atoms with van der Waals surface area (Å²) < 4.78 is 0. The van der Waals surface area contributed by atoms with Crippen LogP contribution >= 0.6 is 0 Å². The van der Waals surface area contributed by atoms with Crippen molar-refractivity contribution in [2.45, 2.75) is 18.9 Å². The summed E-state index contributed by atoms with van der Waals surface area (Å²) in [4.78, 5) is 11.1. The first-order valence-electron chi connectivity index (χ1n) is 4.84. The van der Waals surface area contributed by atoms with Gasteiger partial charge in [0.2, 0.25) is 5.91 Å². The fraction of sp³-hybridized carbons (Fsp3) is 0.364. The second-order valence-electron chi connectivity index (χ2n) is 3.81. The maximum absolute atomic E-state index is 11.1. The molecule has 1 aromatic rings. The molecule has 74 valence electrons. The van der Waals surface area contributed by atoms with Crippen molar-refractivity contribution < 1.29 is 4.79 Å². The Morgan fingerprint density at radius 1 is 1.36 bits per heavy atom. The molecule has 0 unspecified atom stereocenters. The predicted molar refractivity (Wildman–Crippen MR) is 54.6 cm³/mol. The van der Waals surface area contributed by atoms with Gasteiger partial charge in [0.15, 0.2) is 0 Å². The topological polar surface area (TPSA) is 69.1 Å². The summed E-state index contributed by atoms with van der Waals surface area (Å²) in [5.41, 5.74) is 12.8. The fourth-order valence-corrected chi connectivity index (χ4v) is 1.72. The van der Waals surface area contributed by atoms with Crippen molar-refractivity contribution in [2.24, 2.45) is 17.4 Å². The summed E-state index contributed by atoms with van der Waals surface area (Å²) >= 11 is 0. The molecular formula is C11H14N2O. The van der Waals surface area contributed by atoms with Gasteiger partial charge in [0.05, 0.1) is 0 Å². The first-order chi connectivity index (χ1) is 6.70. The SMILES string of the molecule is NC(=O)c1ccccc1[C@H](N)C1CC1. The van der Waals surface area contributed by atoms with E-state index in [0.717, 1.165) is 18.4 Å². The summed E-state index contributed by atoms with van der Waals surface area (Å²) in [7, 11) is 0. The lowest BCUT2D eigenvalue weighted by atomic mass is 9.97. The Morgan fingerprint density at radius 3 is 2.57 bits per heavy atom. The monoisotopic (exact) mass is 190 g/mol. The van der Waals surface area contributed by atoms with Crippen LogP contribution in [0.2, 0.25) is 0 Å². The molecule has 14 heavy (non-hydrogen) atoms. The van der Waals surface area contributed by atoms with Crippen LogP contribution in [0.25, 0.3) is 0 Å². The van der Waals surface area contributed by atoms with Crippen molar-refractivity contribution in [3.05, 3.63) is 35.4 Å². The molecule has 4 N–H and O–H groups in total. The molecule has 0 saturated heterocycles. The van der Waals surface area contributed by atoms with Gasteiger partial charge in [-0.2, -0.15) is 0 Å². The van der Waals surface area contributed by atoms with Crippen LogP contribution in [0.4, 0.5) is 0 Å². The van der Waals surface area contributed by atoms with Gasteiger partial charge in [-0.3, -0.25) is 4.79 Å². The van der Waals surface area contributed by atoms with Crippen LogP contribution in [0.1, 0.15) is 34.8 Å². The molecule has 0 aromatic heterocycles. The average Bonchev–Trinajstić information content (AvgIpc) is 3.00. The van der Waals surface area contributed by atoms with Crippen LogP contribution in [0, 0.1) is 5.92 Å². The lowest BCUT2D eigenvalue weighted by Gasteiger charge is -2.13. The van der Waals surface area contributed by atoms with Crippen molar-refractivity contribution in [3.63, 3.8) is 0 Å². The number of rotatable bonds is 3. The van der Waals surface area contributed by atoms with Gasteiger partial charge in [-0.05, 0) is 30.4 Å². The molecule has 1 fully saturated rings. The third-order valence-corrected chi connectivity index (χ3v) is 2.72. The maximum atomic E-state index is 11.1. The highest BCUT2D eigenvalue weighted by Crippen LogP contribution is 2.40. The van der Waals surface area contributed by atoms with E-state index in [2.05, 4.69) is 0 Å². The standard InChI is InChI=1S/C11H14N2O/c12-10(7-5-6-7)8-3-1-2-4-9(8)11(13)14/h1-4,7,10H,5-6,12H2,(H2,13,14)/t10-/m1/s1. The molecule has 1 amide bonds. The van der Waals surface area contributed by atoms with E-state index in [0.29, 0.717) is 11.5 Å². The minimum Gasteiger partial charge on any atom is -0.366 e. The summed E-state index contributed by atoms with van der Waals surface area (Å²) in [6.07, 6.45) is 2.32. The van der Waals surface area contributed by atoms with Crippen LogP contribution in [0.15, 0.2) is 24.3 Å². The summed E-state index contributed by atoms with van der Waals surface area (Å²) in [5, 5.41) is 0. The fourth-order valence-electron chi connectivity index (χ4n) is 1.72. The smallest absolute Gasteiger partial charge is 0.249 e. The lowest BCUT2D eigenvalue weighted by molar-refractivity contribution is 0.0999. The Balaban J connectivity index is 2.34. The van der Waals surface area contributed by atoms with E-state index >= 15 is 0 Å². The highest BCUT2D eigenvalue weighted by Gasteiger charge is 2.31. The molecule has 1 aliphatic carbocycles. The predicted octanol–water partition coefficient (Wildman–Crippen LogP) is 1.20. The van der Waals surface area contributed by atoms with Gasteiger partial charge in [-0.25, -0.2) is 0 Å². The second-order valence-corrected chi connectivity index (χ2v) is 3.81. The third-order valence-electron chi connectivity index (χ3n) is 2.72. The van der Waals surface area contributed by atoms with Crippen LogP contribution in [-0.4, -0.2) is 5.91 Å². The maximum Gasteiger partial charge on any atom is 0.249 e. The molecule has 0 bridgehead atoms. The number of hydrogen-bond donors (Lipinski definition) is 2. The molecule has 1 aliphatic rings. The van der Waals surface area contributed by atoms with Crippen molar-refractivity contribution in [2.75, 3.05) is 0 Å². The Labute approximate surface area is 83.1 Å². The number of hydrogen-bond acceptors (Lipinski definition) is 2. The van der Waals surface area contributed by atoms with Gasteiger partial charge < -0.3 is 11.5 Å². The number of amides is 1. The zero-order valence-corrected chi connectivity index (χ0v) is 7.94. The van der Waals surface area contributed by atoms with E-state index in [-0.39, 0.29) is 6.04 Å². The summed E-state index contributed by atoms with van der Waals surface area (Å²) in [5.74, 6) is 0.146. The molecule has 1 saturated carbocycles. The van der Waals surface area contributed by atoms with Crippen molar-refractivity contribution in [3.8, 4) is 0 Å². The van der Waals surface area contributed by atoms with Gasteiger partial charge in [0, 0.05) is 11.6 Å². The average molecular weight is 190 g/mol. The van der Waals surface area contributed by atoms with E-state index in [9.17, 15) is 4.79 Å². The van der Waals surface area contributed by atoms with Crippen LogP contribution < -0.4 is 11.5 Å². The van der Waals surface area contributed by atoms with E-state index in [4.69, 9.17) is 11.5 Å². The van der Waals surface area contributed by atoms with Gasteiger partial charge in [-0.1, -0.05) is 18.2 Å². The first-order valence-corrected chi connectivity index (χ1v) is 4.84. The number of carbonyl (C=O) groups excluding carboxylic acids is 1. The number of benzene rings is 1. The molecule has 1 atom stereocenters. The van der Waals surface area contributed by atoms with E-state index in [1.807, 2.05) is 18.2 Å². The Bertz CT molecular complexity index is 358. The minimum atomic E-state index is -0.392. The van der Waals surface area contributed by atoms with Crippen molar-refractivity contribution in [1.29, 1.82) is 0 Å². The molecular weight excluding hydrogens is 176 g/mol. The zero-order valence-electron chi connectivity index (χ0n) is 7.94. The normalized spacial score (nSPS) is 17.8. The van der Waals surface area contributed by atoms with Crippen molar-refractivity contribution >= 4 is 5.91 Å². The molecule has 0 heterocycles. The van der Waals surface area contributed by atoms with E-state index in [1.54, 1.807) is 6.07 Å².